The summed E-state index contributed by atoms with van der Waals surface area (Å²) in [5, 5.41) is 7.83. The molecule has 5 aromatic rings. The molecule has 0 radical (unpaired) electrons. The summed E-state index contributed by atoms with van der Waals surface area (Å²) in [7, 11) is -1.76. The molecule has 4 aromatic carbocycles. The Balaban J connectivity index is 1.58. The average molecular weight is 539 g/mol. The van der Waals surface area contributed by atoms with Gasteiger partial charge in [0.15, 0.2) is 0 Å². The third kappa shape index (κ3) is 3.96. The fourth-order valence-electron chi connectivity index (χ4n) is 6.36. The summed E-state index contributed by atoms with van der Waals surface area (Å²) >= 11 is 0. The molecule has 1 aliphatic heterocycles. The monoisotopic (exact) mass is 538 g/mol. The molecule has 2 heterocycles. The van der Waals surface area contributed by atoms with Gasteiger partial charge in [0.2, 0.25) is 0 Å². The number of nitrogens with zero attached hydrogens (tertiary/aromatic N) is 1. The standard InChI is InChI=1S/C37H34N2S/c1-27-24-28(2)38-37(25-27)40(30-16-8-4-9-17-30,31-18-10-5-11-19-31)32-22-23-36-34(26-32)33-20-12-13-21-35(33)39(36)29-14-6-3-7-15-29/h3-4,6-10,12-26,28,38H,5,11H2,1-2H3. The highest BCUT2D eigenvalue weighted by atomic mass is 32.3. The number of rotatable bonds is 5. The first-order valence-corrected chi connectivity index (χ1v) is 15.8. The highest BCUT2D eigenvalue weighted by Crippen LogP contribution is 2.74. The summed E-state index contributed by atoms with van der Waals surface area (Å²) in [6, 6.07) is 38.2. The minimum atomic E-state index is -1.76. The van der Waals surface area contributed by atoms with Crippen molar-refractivity contribution in [3.05, 3.63) is 149 Å². The normalized spacial score (nSPS) is 19.4. The van der Waals surface area contributed by atoms with Crippen molar-refractivity contribution in [1.82, 2.24) is 9.88 Å². The van der Waals surface area contributed by atoms with Gasteiger partial charge in [0, 0.05) is 32.3 Å². The maximum absolute atomic E-state index is 3.94. The summed E-state index contributed by atoms with van der Waals surface area (Å²) in [5.41, 5.74) is 4.98. The van der Waals surface area contributed by atoms with Crippen LogP contribution in [0.5, 0.6) is 0 Å². The number of para-hydroxylation sites is 2. The molecule has 7 rings (SSSR count). The molecule has 2 atom stereocenters. The average Bonchev–Trinajstić information content (AvgIpc) is 3.33. The van der Waals surface area contributed by atoms with Gasteiger partial charge in [-0.2, -0.15) is 0 Å². The van der Waals surface area contributed by atoms with Crippen LogP contribution in [0.15, 0.2) is 159 Å². The van der Waals surface area contributed by atoms with Gasteiger partial charge in [-0.1, -0.05) is 84.5 Å². The lowest BCUT2D eigenvalue weighted by Gasteiger charge is -2.46. The van der Waals surface area contributed by atoms with Gasteiger partial charge in [0.05, 0.1) is 16.1 Å². The Morgan fingerprint density at radius 3 is 2.23 bits per heavy atom. The summed E-state index contributed by atoms with van der Waals surface area (Å²) < 4.78 is 2.40. The molecule has 0 amide bonds. The van der Waals surface area contributed by atoms with Crippen LogP contribution in [0, 0.1) is 0 Å². The first-order chi connectivity index (χ1) is 19.7. The predicted octanol–water partition coefficient (Wildman–Crippen LogP) is 10.0. The van der Waals surface area contributed by atoms with Gasteiger partial charge >= 0.3 is 0 Å². The topological polar surface area (TPSA) is 17.0 Å². The number of nitrogens with one attached hydrogen (secondary N) is 1. The summed E-state index contributed by atoms with van der Waals surface area (Å²) in [6.45, 7) is 4.49. The van der Waals surface area contributed by atoms with Crippen LogP contribution in [0.2, 0.25) is 0 Å². The Hall–Kier alpha value is -4.21. The third-order valence-electron chi connectivity index (χ3n) is 7.99. The van der Waals surface area contributed by atoms with Crippen LogP contribution >= 0.6 is 10.0 Å². The van der Waals surface area contributed by atoms with E-state index in [0.29, 0.717) is 0 Å². The summed E-state index contributed by atoms with van der Waals surface area (Å²) in [6.07, 6.45) is 14.1. The van der Waals surface area contributed by atoms with Crippen LogP contribution in [0.25, 0.3) is 27.5 Å². The smallest absolute Gasteiger partial charge is 0.0638 e. The fraction of sp³-hybridized carbons (Fsp3) is 0.135. The zero-order valence-corrected chi connectivity index (χ0v) is 23.9. The van der Waals surface area contributed by atoms with E-state index in [9.17, 15) is 0 Å². The fourth-order valence-corrected chi connectivity index (χ4v) is 10.5. The molecule has 0 bridgehead atoms. The Labute approximate surface area is 238 Å². The molecule has 0 saturated heterocycles. The molecule has 0 spiro atoms. The Kier molecular flexibility index (Phi) is 6.25. The number of dihydropyridines is 1. The van der Waals surface area contributed by atoms with Crippen LogP contribution < -0.4 is 5.32 Å². The summed E-state index contributed by atoms with van der Waals surface area (Å²) in [5.74, 6) is 0. The van der Waals surface area contributed by atoms with Gasteiger partial charge in [-0.25, -0.2) is 0 Å². The maximum atomic E-state index is 3.94. The number of fused-ring (bicyclic) bond motifs is 3. The third-order valence-corrected chi connectivity index (χ3v) is 11.8. The van der Waals surface area contributed by atoms with Crippen LogP contribution in [-0.2, 0) is 0 Å². The second kappa shape index (κ2) is 10.1. The van der Waals surface area contributed by atoms with Crippen LogP contribution in [-0.4, -0.2) is 10.6 Å². The number of benzene rings is 4. The molecule has 0 fully saturated rings. The van der Waals surface area contributed by atoms with Crippen molar-refractivity contribution < 1.29 is 0 Å². The van der Waals surface area contributed by atoms with E-state index in [1.807, 2.05) is 0 Å². The number of allylic oxidation sites excluding steroid dienone is 5. The molecule has 2 aliphatic rings. The molecule has 3 heteroatoms. The Morgan fingerprint density at radius 1 is 0.750 bits per heavy atom. The van der Waals surface area contributed by atoms with Gasteiger partial charge < -0.3 is 9.88 Å². The van der Waals surface area contributed by atoms with Crippen molar-refractivity contribution in [1.29, 1.82) is 0 Å². The van der Waals surface area contributed by atoms with Crippen molar-refractivity contribution >= 4 is 31.8 Å². The van der Waals surface area contributed by atoms with Crippen LogP contribution in [0.1, 0.15) is 26.7 Å². The van der Waals surface area contributed by atoms with E-state index in [4.69, 9.17) is 0 Å². The lowest BCUT2D eigenvalue weighted by atomic mass is 10.1. The van der Waals surface area contributed by atoms with Gasteiger partial charge in [-0.15, -0.1) is 10.0 Å². The van der Waals surface area contributed by atoms with E-state index in [-0.39, 0.29) is 6.04 Å². The molecule has 1 aromatic heterocycles. The van der Waals surface area contributed by atoms with Crippen molar-refractivity contribution in [2.45, 2.75) is 42.5 Å². The minimum absolute atomic E-state index is 0.271. The molecule has 198 valence electrons. The van der Waals surface area contributed by atoms with E-state index in [2.05, 4.69) is 157 Å². The van der Waals surface area contributed by atoms with E-state index in [0.717, 1.165) is 12.8 Å². The van der Waals surface area contributed by atoms with Gasteiger partial charge in [-0.3, -0.25) is 0 Å². The van der Waals surface area contributed by atoms with Crippen molar-refractivity contribution in [2.24, 2.45) is 0 Å². The Morgan fingerprint density at radius 2 is 1.48 bits per heavy atom. The van der Waals surface area contributed by atoms with Crippen LogP contribution in [0.3, 0.4) is 0 Å². The molecular formula is C37H34N2S. The summed E-state index contributed by atoms with van der Waals surface area (Å²) in [4.78, 5) is 4.14. The van der Waals surface area contributed by atoms with Crippen molar-refractivity contribution in [3.63, 3.8) is 0 Å². The largest absolute Gasteiger partial charge is 0.374 e. The molecular weight excluding hydrogens is 504 g/mol. The highest BCUT2D eigenvalue weighted by Gasteiger charge is 2.38. The molecule has 0 saturated carbocycles. The van der Waals surface area contributed by atoms with Crippen LogP contribution in [0.4, 0.5) is 0 Å². The lowest BCUT2D eigenvalue weighted by molar-refractivity contribution is 0.740. The first kappa shape index (κ1) is 24.8. The van der Waals surface area contributed by atoms with Gasteiger partial charge in [-0.05, 0) is 86.2 Å². The highest BCUT2D eigenvalue weighted by molar-refractivity contribution is 8.40. The quantitative estimate of drug-likeness (QED) is 0.236. The Bertz CT molecular complexity index is 1840. The maximum Gasteiger partial charge on any atom is 0.0638 e. The predicted molar refractivity (Wildman–Crippen MR) is 172 cm³/mol. The first-order valence-electron chi connectivity index (χ1n) is 14.2. The minimum Gasteiger partial charge on any atom is -0.374 e. The van der Waals surface area contributed by atoms with Gasteiger partial charge in [0.25, 0.3) is 0 Å². The van der Waals surface area contributed by atoms with Gasteiger partial charge in [0.1, 0.15) is 0 Å². The molecule has 2 nitrogen and oxygen atoms in total. The van der Waals surface area contributed by atoms with E-state index in [1.165, 1.54) is 52.8 Å². The molecule has 2 unspecified atom stereocenters. The molecule has 40 heavy (non-hydrogen) atoms. The molecule has 1 aliphatic carbocycles. The van der Waals surface area contributed by atoms with E-state index >= 15 is 0 Å². The zero-order valence-electron chi connectivity index (χ0n) is 23.0. The lowest BCUT2D eigenvalue weighted by Crippen LogP contribution is -2.30. The number of hydrogen-bond acceptors (Lipinski definition) is 1. The zero-order chi connectivity index (χ0) is 27.1. The van der Waals surface area contributed by atoms with E-state index < -0.39 is 10.0 Å². The van der Waals surface area contributed by atoms with Crippen molar-refractivity contribution in [3.8, 4) is 5.69 Å². The van der Waals surface area contributed by atoms with E-state index in [1.54, 1.807) is 0 Å². The second-order valence-corrected chi connectivity index (χ2v) is 13.8. The van der Waals surface area contributed by atoms with Crippen molar-refractivity contribution in [2.75, 3.05) is 0 Å². The SMILES string of the molecule is CC1=CC(C)NC(S(C2=CCCC=C2)(c2ccccc2)c2ccc3c(c2)c2ccccc2n3-c2ccccc2)=C1. The number of hydrogen-bond donors (Lipinski definition) is 1. The second-order valence-electron chi connectivity index (χ2n) is 10.7. The molecule has 1 N–H and O–H groups in total. The number of aromatic nitrogens is 1.